The van der Waals surface area contributed by atoms with Crippen LogP contribution in [0.5, 0.6) is 0 Å². The summed E-state index contributed by atoms with van der Waals surface area (Å²) in [5.41, 5.74) is 1.03. The maximum absolute atomic E-state index is 4.52. The number of nitrogens with zero attached hydrogens (tertiary/aromatic N) is 3. The summed E-state index contributed by atoms with van der Waals surface area (Å²) in [6.45, 7) is 4.03. The fraction of sp³-hybridized carbons (Fsp3) is 0.733. The molecular weight excluding hydrogens is 236 g/mol. The lowest BCUT2D eigenvalue weighted by atomic mass is 9.89. The Kier molecular flexibility index (Phi) is 5.14. The van der Waals surface area contributed by atoms with Crippen LogP contribution in [0.1, 0.15) is 43.6 Å². The Morgan fingerprint density at radius 2 is 2.00 bits per heavy atom. The van der Waals surface area contributed by atoms with Gasteiger partial charge in [-0.3, -0.25) is 4.90 Å². The van der Waals surface area contributed by atoms with E-state index in [9.17, 15) is 0 Å². The number of anilines is 1. The van der Waals surface area contributed by atoms with E-state index in [1.165, 1.54) is 38.6 Å². The van der Waals surface area contributed by atoms with Gasteiger partial charge in [-0.1, -0.05) is 19.3 Å². The number of aromatic nitrogens is 2. The van der Waals surface area contributed by atoms with Crippen molar-refractivity contribution in [3.63, 3.8) is 0 Å². The topological polar surface area (TPSA) is 41.1 Å². The van der Waals surface area contributed by atoms with Crippen molar-refractivity contribution >= 4 is 5.82 Å². The van der Waals surface area contributed by atoms with Gasteiger partial charge in [0.2, 0.25) is 0 Å². The molecule has 0 aromatic carbocycles. The summed E-state index contributed by atoms with van der Waals surface area (Å²) in [6, 6.07) is 1.98. The average molecular weight is 262 g/mol. The van der Waals surface area contributed by atoms with Crippen LogP contribution in [0.3, 0.4) is 0 Å². The fourth-order valence-electron chi connectivity index (χ4n) is 2.95. The lowest BCUT2D eigenvalue weighted by molar-refractivity contribution is 0.224. The van der Waals surface area contributed by atoms with Crippen molar-refractivity contribution in [3.05, 3.63) is 17.6 Å². The molecule has 0 radical (unpaired) electrons. The highest BCUT2D eigenvalue weighted by Crippen LogP contribution is 2.24. The Morgan fingerprint density at radius 3 is 2.68 bits per heavy atom. The average Bonchev–Trinajstić information content (AvgIpc) is 2.38. The van der Waals surface area contributed by atoms with Crippen molar-refractivity contribution in [3.8, 4) is 0 Å². The van der Waals surface area contributed by atoms with Gasteiger partial charge in [-0.15, -0.1) is 0 Å². The van der Waals surface area contributed by atoms with Crippen molar-refractivity contribution in [2.75, 3.05) is 26.0 Å². The minimum Gasteiger partial charge on any atom is -0.373 e. The van der Waals surface area contributed by atoms with Crippen LogP contribution in [0.25, 0.3) is 0 Å². The highest BCUT2D eigenvalue weighted by Gasteiger charge is 2.16. The van der Waals surface area contributed by atoms with Crippen molar-refractivity contribution in [2.45, 2.75) is 45.6 Å². The zero-order chi connectivity index (χ0) is 13.7. The number of hydrogen-bond acceptors (Lipinski definition) is 4. The van der Waals surface area contributed by atoms with Crippen molar-refractivity contribution < 1.29 is 0 Å². The lowest BCUT2D eigenvalue weighted by Crippen LogP contribution is -2.27. The van der Waals surface area contributed by atoms with Gasteiger partial charge >= 0.3 is 0 Å². The number of rotatable bonds is 5. The first-order chi connectivity index (χ1) is 9.17. The highest BCUT2D eigenvalue weighted by molar-refractivity contribution is 5.34. The van der Waals surface area contributed by atoms with E-state index in [0.717, 1.165) is 29.8 Å². The van der Waals surface area contributed by atoms with E-state index in [-0.39, 0.29) is 0 Å². The molecule has 0 aliphatic heterocycles. The van der Waals surface area contributed by atoms with Gasteiger partial charge in [0.15, 0.2) is 0 Å². The van der Waals surface area contributed by atoms with Crippen molar-refractivity contribution in [1.82, 2.24) is 14.9 Å². The maximum Gasteiger partial charge on any atom is 0.144 e. The third kappa shape index (κ3) is 4.46. The normalized spacial score (nSPS) is 16.8. The van der Waals surface area contributed by atoms with Gasteiger partial charge in [0.1, 0.15) is 11.6 Å². The van der Waals surface area contributed by atoms with Crippen LogP contribution < -0.4 is 5.32 Å². The lowest BCUT2D eigenvalue weighted by Gasteiger charge is -2.26. The molecule has 1 aliphatic rings. The molecule has 1 saturated carbocycles. The predicted octanol–water partition coefficient (Wildman–Crippen LogP) is 2.84. The number of hydrogen-bond donors (Lipinski definition) is 1. The third-order valence-corrected chi connectivity index (χ3v) is 3.86. The van der Waals surface area contributed by atoms with E-state index in [4.69, 9.17) is 0 Å². The van der Waals surface area contributed by atoms with E-state index in [1.54, 1.807) is 0 Å². The number of nitrogens with one attached hydrogen (secondary N) is 1. The molecule has 1 fully saturated rings. The molecule has 2 rings (SSSR count). The van der Waals surface area contributed by atoms with Gasteiger partial charge < -0.3 is 5.32 Å². The molecule has 1 aliphatic carbocycles. The van der Waals surface area contributed by atoms with Gasteiger partial charge in [-0.25, -0.2) is 9.97 Å². The Morgan fingerprint density at radius 1 is 1.26 bits per heavy atom. The maximum atomic E-state index is 4.52. The highest BCUT2D eigenvalue weighted by atomic mass is 15.1. The Hall–Kier alpha value is -1.16. The summed E-state index contributed by atoms with van der Waals surface area (Å²) in [4.78, 5) is 11.4. The van der Waals surface area contributed by atoms with Crippen LogP contribution >= 0.6 is 0 Å². The first-order valence-corrected chi connectivity index (χ1v) is 7.38. The fourth-order valence-corrected chi connectivity index (χ4v) is 2.95. The Balaban J connectivity index is 1.90. The first kappa shape index (κ1) is 14.3. The minimum absolute atomic E-state index is 0.840. The molecule has 0 amide bonds. The molecule has 1 N–H and O–H groups in total. The second-order valence-electron chi connectivity index (χ2n) is 5.76. The molecule has 1 aromatic rings. The molecule has 0 spiro atoms. The molecule has 0 atom stereocenters. The van der Waals surface area contributed by atoms with Gasteiger partial charge in [-0.05, 0) is 32.7 Å². The van der Waals surface area contributed by atoms with Crippen LogP contribution in [0, 0.1) is 12.8 Å². The Labute approximate surface area is 116 Å². The monoisotopic (exact) mass is 262 g/mol. The smallest absolute Gasteiger partial charge is 0.144 e. The summed E-state index contributed by atoms with van der Waals surface area (Å²) in [5.74, 6) is 2.70. The summed E-state index contributed by atoms with van der Waals surface area (Å²) in [6.07, 6.45) is 7.01. The van der Waals surface area contributed by atoms with Gasteiger partial charge in [0.05, 0.1) is 6.54 Å². The van der Waals surface area contributed by atoms with Crippen molar-refractivity contribution in [1.29, 1.82) is 0 Å². The largest absolute Gasteiger partial charge is 0.373 e. The quantitative estimate of drug-likeness (QED) is 0.886. The third-order valence-electron chi connectivity index (χ3n) is 3.86. The summed E-state index contributed by atoms with van der Waals surface area (Å²) in [7, 11) is 4.08. The van der Waals surface area contributed by atoms with Gasteiger partial charge in [0.25, 0.3) is 0 Å². The summed E-state index contributed by atoms with van der Waals surface area (Å²) < 4.78 is 0. The first-order valence-electron chi connectivity index (χ1n) is 7.38. The van der Waals surface area contributed by atoms with Crippen molar-refractivity contribution in [2.24, 2.45) is 5.92 Å². The summed E-state index contributed by atoms with van der Waals surface area (Å²) >= 11 is 0. The van der Waals surface area contributed by atoms with Crippen LogP contribution in [-0.2, 0) is 6.54 Å². The predicted molar refractivity (Wildman–Crippen MR) is 79.2 cm³/mol. The van der Waals surface area contributed by atoms with E-state index in [0.29, 0.717) is 0 Å². The van der Waals surface area contributed by atoms with Gasteiger partial charge in [-0.2, -0.15) is 0 Å². The van der Waals surface area contributed by atoms with Crippen LogP contribution in [0.4, 0.5) is 5.82 Å². The van der Waals surface area contributed by atoms with E-state index >= 15 is 0 Å². The second kappa shape index (κ2) is 6.85. The second-order valence-corrected chi connectivity index (χ2v) is 5.76. The molecule has 106 valence electrons. The van der Waals surface area contributed by atoms with Gasteiger partial charge in [0, 0.05) is 25.4 Å². The van der Waals surface area contributed by atoms with E-state index in [1.807, 2.05) is 20.0 Å². The molecule has 1 aromatic heterocycles. The molecule has 0 saturated heterocycles. The molecule has 0 bridgehead atoms. The molecule has 1 heterocycles. The van der Waals surface area contributed by atoms with Crippen LogP contribution in [0.2, 0.25) is 0 Å². The standard InChI is InChI=1S/C15H26N4/c1-12-9-14(16-2)18-15(17-12)11-19(3)10-13-7-5-4-6-8-13/h9,13H,4-8,10-11H2,1-3H3,(H,16,17,18). The zero-order valence-corrected chi connectivity index (χ0v) is 12.4. The number of aryl methyl sites for hydroxylation is 1. The van der Waals surface area contributed by atoms with Crippen LogP contribution in [-0.4, -0.2) is 35.5 Å². The molecule has 0 unspecified atom stereocenters. The Bertz CT molecular complexity index is 399. The SMILES string of the molecule is CNc1cc(C)nc(CN(C)CC2CCCCC2)n1. The minimum atomic E-state index is 0.840. The zero-order valence-electron chi connectivity index (χ0n) is 12.4. The molecular formula is C15H26N4. The molecule has 19 heavy (non-hydrogen) atoms. The van der Waals surface area contributed by atoms with E-state index < -0.39 is 0 Å². The van der Waals surface area contributed by atoms with E-state index in [2.05, 4.69) is 27.2 Å². The van der Waals surface area contributed by atoms with Crippen LogP contribution in [0.15, 0.2) is 6.07 Å². The molecule has 4 heteroatoms. The summed E-state index contributed by atoms with van der Waals surface area (Å²) in [5, 5.41) is 3.09. The molecule has 4 nitrogen and oxygen atoms in total.